The number of para-hydroxylation sites is 1. The highest BCUT2D eigenvalue weighted by Gasteiger charge is 2.22. The normalized spacial score (nSPS) is 19.0. The number of rotatable bonds is 2. The Morgan fingerprint density at radius 2 is 2.22 bits per heavy atom. The maximum atomic E-state index is 12.1. The predicted molar refractivity (Wildman–Crippen MR) is 71.3 cm³/mol. The van der Waals surface area contributed by atoms with Crippen molar-refractivity contribution in [3.05, 3.63) is 36.5 Å². The number of nitrogens with one attached hydrogen (secondary N) is 2. The van der Waals surface area contributed by atoms with E-state index in [9.17, 15) is 4.79 Å². The molecule has 1 aliphatic heterocycles. The second kappa shape index (κ2) is 4.74. The lowest BCUT2D eigenvalue weighted by Crippen LogP contribution is -2.24. The van der Waals surface area contributed by atoms with Gasteiger partial charge in [-0.1, -0.05) is 18.2 Å². The third-order valence-electron chi connectivity index (χ3n) is 3.34. The van der Waals surface area contributed by atoms with Crippen molar-refractivity contribution < 1.29 is 4.79 Å². The van der Waals surface area contributed by atoms with Crippen LogP contribution in [-0.4, -0.2) is 24.0 Å². The fourth-order valence-electron chi connectivity index (χ4n) is 2.32. The van der Waals surface area contributed by atoms with Crippen molar-refractivity contribution in [2.45, 2.75) is 6.42 Å². The molecule has 1 atom stereocenters. The maximum Gasteiger partial charge on any atom is 0.228 e. The minimum Gasteiger partial charge on any atom is -0.325 e. The first-order chi connectivity index (χ1) is 8.84. The van der Waals surface area contributed by atoms with Gasteiger partial charge in [-0.2, -0.15) is 0 Å². The van der Waals surface area contributed by atoms with Crippen molar-refractivity contribution in [2.24, 2.45) is 5.92 Å². The lowest BCUT2D eigenvalue weighted by molar-refractivity contribution is -0.119. The molecule has 2 aromatic rings. The molecule has 0 spiro atoms. The van der Waals surface area contributed by atoms with Crippen LogP contribution in [-0.2, 0) is 4.79 Å². The van der Waals surface area contributed by atoms with Gasteiger partial charge in [0, 0.05) is 18.1 Å². The fraction of sp³-hybridized carbons (Fsp3) is 0.286. The van der Waals surface area contributed by atoms with E-state index in [-0.39, 0.29) is 11.8 Å². The summed E-state index contributed by atoms with van der Waals surface area (Å²) in [5.41, 5.74) is 1.75. The smallest absolute Gasteiger partial charge is 0.228 e. The molecule has 2 N–H and O–H groups in total. The Morgan fingerprint density at radius 3 is 3.06 bits per heavy atom. The molecule has 2 heterocycles. The van der Waals surface area contributed by atoms with Crippen LogP contribution in [0.25, 0.3) is 10.9 Å². The molecule has 1 unspecified atom stereocenters. The molecule has 0 bridgehead atoms. The van der Waals surface area contributed by atoms with Gasteiger partial charge in [-0.05, 0) is 25.1 Å². The molecule has 1 aromatic heterocycles. The Kier molecular flexibility index (Phi) is 2.94. The quantitative estimate of drug-likeness (QED) is 0.842. The van der Waals surface area contributed by atoms with Gasteiger partial charge < -0.3 is 10.6 Å². The van der Waals surface area contributed by atoms with Gasteiger partial charge in [0.1, 0.15) is 0 Å². The predicted octanol–water partition coefficient (Wildman–Crippen LogP) is 1.78. The number of nitrogens with zero attached hydrogens (tertiary/aromatic N) is 1. The highest BCUT2D eigenvalue weighted by Crippen LogP contribution is 2.22. The summed E-state index contributed by atoms with van der Waals surface area (Å²) >= 11 is 0. The first kappa shape index (κ1) is 11.2. The second-order valence-electron chi connectivity index (χ2n) is 4.55. The van der Waals surface area contributed by atoms with Gasteiger partial charge in [0.2, 0.25) is 5.91 Å². The zero-order valence-electron chi connectivity index (χ0n) is 10.0. The van der Waals surface area contributed by atoms with E-state index >= 15 is 0 Å². The number of fused-ring (bicyclic) bond motifs is 1. The number of carbonyl (C=O) groups excluding carboxylic acids is 1. The molecule has 92 valence electrons. The minimum atomic E-state index is 0.0805. The number of hydrogen-bond donors (Lipinski definition) is 2. The Bertz CT molecular complexity index is 571. The van der Waals surface area contributed by atoms with Crippen LogP contribution in [0.3, 0.4) is 0 Å². The van der Waals surface area contributed by atoms with E-state index in [1.165, 1.54) is 0 Å². The van der Waals surface area contributed by atoms with Crippen molar-refractivity contribution in [3.63, 3.8) is 0 Å². The number of pyridine rings is 1. The number of hydrogen-bond acceptors (Lipinski definition) is 3. The highest BCUT2D eigenvalue weighted by atomic mass is 16.1. The summed E-state index contributed by atoms with van der Waals surface area (Å²) in [7, 11) is 0. The molecule has 1 saturated heterocycles. The van der Waals surface area contributed by atoms with Crippen molar-refractivity contribution in [1.29, 1.82) is 0 Å². The summed E-state index contributed by atoms with van der Waals surface area (Å²) in [6.07, 6.45) is 2.64. The van der Waals surface area contributed by atoms with E-state index in [1.807, 2.05) is 30.3 Å². The Hall–Kier alpha value is -1.94. The van der Waals surface area contributed by atoms with E-state index < -0.39 is 0 Å². The van der Waals surface area contributed by atoms with Crippen molar-refractivity contribution in [1.82, 2.24) is 10.3 Å². The third kappa shape index (κ3) is 2.07. The average molecular weight is 241 g/mol. The molecular weight excluding hydrogens is 226 g/mol. The summed E-state index contributed by atoms with van der Waals surface area (Å²) in [6, 6.07) is 9.67. The zero-order valence-corrected chi connectivity index (χ0v) is 10.0. The topological polar surface area (TPSA) is 54.0 Å². The standard InChI is InChI=1S/C14H15N3O/c18-14(10-5-7-15-9-10)17-13-6-8-16-12-4-2-1-3-11(12)13/h1-4,6,8,10,15H,5,7,9H2,(H,16,17,18). The Labute approximate surface area is 105 Å². The van der Waals surface area contributed by atoms with Crippen LogP contribution in [0.2, 0.25) is 0 Å². The molecule has 0 saturated carbocycles. The molecule has 1 aromatic carbocycles. The van der Waals surface area contributed by atoms with E-state index in [1.54, 1.807) is 6.20 Å². The average Bonchev–Trinajstić information content (AvgIpc) is 2.93. The molecule has 18 heavy (non-hydrogen) atoms. The minimum absolute atomic E-state index is 0.0805. The van der Waals surface area contributed by atoms with Crippen molar-refractivity contribution in [3.8, 4) is 0 Å². The van der Waals surface area contributed by atoms with Gasteiger partial charge in [-0.15, -0.1) is 0 Å². The lowest BCUT2D eigenvalue weighted by atomic mass is 10.1. The number of aromatic nitrogens is 1. The van der Waals surface area contributed by atoms with Crippen LogP contribution in [0.5, 0.6) is 0 Å². The first-order valence-electron chi connectivity index (χ1n) is 6.20. The first-order valence-corrected chi connectivity index (χ1v) is 6.20. The van der Waals surface area contributed by atoms with E-state index in [2.05, 4.69) is 15.6 Å². The number of amides is 1. The maximum absolute atomic E-state index is 12.1. The van der Waals surface area contributed by atoms with Crippen molar-refractivity contribution in [2.75, 3.05) is 18.4 Å². The monoisotopic (exact) mass is 241 g/mol. The van der Waals surface area contributed by atoms with Crippen LogP contribution in [0.15, 0.2) is 36.5 Å². The summed E-state index contributed by atoms with van der Waals surface area (Å²) in [6.45, 7) is 1.70. The zero-order chi connectivity index (χ0) is 12.4. The molecule has 4 nitrogen and oxygen atoms in total. The largest absolute Gasteiger partial charge is 0.325 e. The van der Waals surface area contributed by atoms with Gasteiger partial charge in [0.05, 0.1) is 17.1 Å². The van der Waals surface area contributed by atoms with E-state index in [0.29, 0.717) is 0 Å². The third-order valence-corrected chi connectivity index (χ3v) is 3.34. The molecule has 4 heteroatoms. The molecule has 0 radical (unpaired) electrons. The molecule has 3 rings (SSSR count). The summed E-state index contributed by atoms with van der Waals surface area (Å²) in [4.78, 5) is 16.4. The van der Waals surface area contributed by atoms with Crippen LogP contribution in [0, 0.1) is 5.92 Å². The van der Waals surface area contributed by atoms with E-state index in [0.717, 1.165) is 36.1 Å². The van der Waals surface area contributed by atoms with Crippen LogP contribution in [0.1, 0.15) is 6.42 Å². The summed E-state index contributed by atoms with van der Waals surface area (Å²) < 4.78 is 0. The van der Waals surface area contributed by atoms with E-state index in [4.69, 9.17) is 0 Å². The fourth-order valence-corrected chi connectivity index (χ4v) is 2.32. The van der Waals surface area contributed by atoms with Crippen molar-refractivity contribution >= 4 is 22.5 Å². The molecule has 0 aliphatic carbocycles. The Balaban J connectivity index is 1.88. The van der Waals surface area contributed by atoms with Gasteiger partial charge in [-0.25, -0.2) is 0 Å². The highest BCUT2D eigenvalue weighted by molar-refractivity contribution is 6.01. The molecule has 1 amide bonds. The van der Waals surface area contributed by atoms with Gasteiger partial charge >= 0.3 is 0 Å². The van der Waals surface area contributed by atoms with Crippen LogP contribution < -0.4 is 10.6 Å². The van der Waals surface area contributed by atoms with Gasteiger partial charge in [0.15, 0.2) is 0 Å². The molecular formula is C14H15N3O. The molecule has 1 aliphatic rings. The van der Waals surface area contributed by atoms with Crippen LogP contribution >= 0.6 is 0 Å². The van der Waals surface area contributed by atoms with Gasteiger partial charge in [-0.3, -0.25) is 9.78 Å². The lowest BCUT2D eigenvalue weighted by Gasteiger charge is -2.11. The van der Waals surface area contributed by atoms with Gasteiger partial charge in [0.25, 0.3) is 0 Å². The Morgan fingerprint density at radius 1 is 1.33 bits per heavy atom. The molecule has 1 fully saturated rings. The SMILES string of the molecule is O=C(Nc1ccnc2ccccc12)C1CCNC1. The number of carbonyl (C=O) groups is 1. The second-order valence-corrected chi connectivity index (χ2v) is 4.55. The number of anilines is 1. The van der Waals surface area contributed by atoms with Crippen LogP contribution in [0.4, 0.5) is 5.69 Å². The number of benzene rings is 1. The summed E-state index contributed by atoms with van der Waals surface area (Å²) in [5.74, 6) is 0.174. The summed E-state index contributed by atoms with van der Waals surface area (Å²) in [5, 5.41) is 7.20.